The largest absolute Gasteiger partial charge is 0.505 e. The number of nitrogens with zero attached hydrogens (tertiary/aromatic N) is 1. The van der Waals surface area contributed by atoms with Gasteiger partial charge in [-0.1, -0.05) is 24.3 Å². The quantitative estimate of drug-likeness (QED) is 0.470. The number of phenols is 1. The Labute approximate surface area is 158 Å². The number of hydrogen-bond donors (Lipinski definition) is 2. The highest BCUT2D eigenvalue weighted by molar-refractivity contribution is 5.85. The van der Waals surface area contributed by atoms with Gasteiger partial charge >= 0.3 is 6.18 Å². The minimum absolute atomic E-state index is 0.0565. The van der Waals surface area contributed by atoms with E-state index in [-0.39, 0.29) is 11.4 Å². The molecule has 142 valence electrons. The molecule has 1 atom stereocenters. The van der Waals surface area contributed by atoms with Gasteiger partial charge in [0.25, 0.3) is 0 Å². The number of phenolic OH excluding ortho intramolecular Hbond substituents is 1. The van der Waals surface area contributed by atoms with Crippen molar-refractivity contribution in [3.8, 4) is 5.75 Å². The van der Waals surface area contributed by atoms with Crippen LogP contribution >= 0.6 is 0 Å². The molecule has 0 aliphatic heterocycles. The average molecular weight is 384 g/mol. The van der Waals surface area contributed by atoms with Crippen LogP contribution in [0.4, 0.5) is 18.9 Å². The summed E-state index contributed by atoms with van der Waals surface area (Å²) >= 11 is 0. The van der Waals surface area contributed by atoms with Crippen LogP contribution in [0.25, 0.3) is 10.9 Å². The molecular formula is C21H15F3N2O2. The van der Waals surface area contributed by atoms with Gasteiger partial charge in [0.15, 0.2) is 0 Å². The lowest BCUT2D eigenvalue weighted by Crippen LogP contribution is -2.13. The zero-order valence-corrected chi connectivity index (χ0v) is 14.4. The van der Waals surface area contributed by atoms with Gasteiger partial charge in [0.05, 0.1) is 11.8 Å². The maximum Gasteiger partial charge on any atom is 0.416 e. The maximum atomic E-state index is 13.0. The Kier molecular flexibility index (Phi) is 4.43. The van der Waals surface area contributed by atoms with E-state index in [1.165, 1.54) is 18.4 Å². The van der Waals surface area contributed by atoms with E-state index in [4.69, 9.17) is 4.42 Å². The molecule has 1 unspecified atom stereocenters. The van der Waals surface area contributed by atoms with E-state index in [2.05, 4.69) is 10.3 Å². The summed E-state index contributed by atoms with van der Waals surface area (Å²) in [7, 11) is 0. The van der Waals surface area contributed by atoms with Gasteiger partial charge in [-0.3, -0.25) is 4.98 Å². The smallest absolute Gasteiger partial charge is 0.416 e. The van der Waals surface area contributed by atoms with Crippen molar-refractivity contribution in [2.45, 2.75) is 12.2 Å². The van der Waals surface area contributed by atoms with Crippen molar-refractivity contribution in [2.75, 3.05) is 5.32 Å². The molecule has 0 fully saturated rings. The fourth-order valence-electron chi connectivity index (χ4n) is 3.09. The summed E-state index contributed by atoms with van der Waals surface area (Å²) < 4.78 is 44.6. The Bertz CT molecular complexity index is 1110. The lowest BCUT2D eigenvalue weighted by Gasteiger charge is -2.21. The lowest BCUT2D eigenvalue weighted by molar-refractivity contribution is -0.137. The number of fused-ring (bicyclic) bond motifs is 1. The van der Waals surface area contributed by atoms with E-state index in [9.17, 15) is 18.3 Å². The van der Waals surface area contributed by atoms with Crippen molar-refractivity contribution < 1.29 is 22.7 Å². The van der Waals surface area contributed by atoms with Crippen LogP contribution in [-0.4, -0.2) is 10.1 Å². The third-order valence-electron chi connectivity index (χ3n) is 4.42. The van der Waals surface area contributed by atoms with Crippen LogP contribution in [0.15, 0.2) is 77.5 Å². The van der Waals surface area contributed by atoms with Gasteiger partial charge in [-0.2, -0.15) is 13.2 Å². The minimum Gasteiger partial charge on any atom is -0.505 e. The molecule has 7 heteroatoms. The summed E-state index contributed by atoms with van der Waals surface area (Å²) in [6.45, 7) is 0. The van der Waals surface area contributed by atoms with Gasteiger partial charge in [-0.15, -0.1) is 0 Å². The predicted molar refractivity (Wildman–Crippen MR) is 99.0 cm³/mol. The number of rotatable bonds is 4. The Morgan fingerprint density at radius 3 is 2.61 bits per heavy atom. The SMILES string of the molecule is Oc1c(C(Nc2cccc(C(F)(F)F)c2)c2ccco2)ccc2cccnc12. The Balaban J connectivity index is 1.79. The molecule has 2 aromatic carbocycles. The number of aromatic nitrogens is 1. The molecule has 4 nitrogen and oxygen atoms in total. The number of anilines is 1. The first-order chi connectivity index (χ1) is 13.4. The van der Waals surface area contributed by atoms with Gasteiger partial charge in [0.1, 0.15) is 23.1 Å². The monoisotopic (exact) mass is 384 g/mol. The topological polar surface area (TPSA) is 58.3 Å². The molecule has 0 radical (unpaired) electrons. The van der Waals surface area contributed by atoms with E-state index >= 15 is 0 Å². The number of halogens is 3. The molecule has 0 aliphatic carbocycles. The lowest BCUT2D eigenvalue weighted by atomic mass is 10.00. The molecular weight excluding hydrogens is 369 g/mol. The van der Waals surface area contributed by atoms with Gasteiger partial charge < -0.3 is 14.8 Å². The molecule has 4 rings (SSSR count). The fourth-order valence-corrected chi connectivity index (χ4v) is 3.09. The van der Waals surface area contributed by atoms with Crippen molar-refractivity contribution >= 4 is 16.6 Å². The first kappa shape index (κ1) is 17.9. The minimum atomic E-state index is -4.45. The molecule has 0 saturated carbocycles. The molecule has 0 aliphatic rings. The van der Waals surface area contributed by atoms with E-state index in [1.807, 2.05) is 6.07 Å². The van der Waals surface area contributed by atoms with Crippen molar-refractivity contribution in [3.05, 3.63) is 90.0 Å². The number of pyridine rings is 1. The Hall–Kier alpha value is -3.48. The highest BCUT2D eigenvalue weighted by Gasteiger charge is 2.31. The number of furan rings is 1. The second-order valence-electron chi connectivity index (χ2n) is 6.25. The highest BCUT2D eigenvalue weighted by Crippen LogP contribution is 2.37. The second-order valence-corrected chi connectivity index (χ2v) is 6.25. The molecule has 28 heavy (non-hydrogen) atoms. The van der Waals surface area contributed by atoms with Crippen LogP contribution in [-0.2, 0) is 6.18 Å². The van der Waals surface area contributed by atoms with Crippen LogP contribution < -0.4 is 5.32 Å². The predicted octanol–water partition coefficient (Wildman–Crippen LogP) is 5.75. The Morgan fingerprint density at radius 2 is 1.86 bits per heavy atom. The molecule has 0 bridgehead atoms. The normalized spacial score (nSPS) is 12.8. The molecule has 0 saturated heterocycles. The summed E-state index contributed by atoms with van der Waals surface area (Å²) in [5.41, 5.74) is 0.331. The molecule has 2 aromatic heterocycles. The van der Waals surface area contributed by atoms with Crippen LogP contribution in [0, 0.1) is 0 Å². The van der Waals surface area contributed by atoms with Gasteiger partial charge in [0.2, 0.25) is 0 Å². The number of benzene rings is 2. The molecule has 0 amide bonds. The number of hydrogen-bond acceptors (Lipinski definition) is 4. The molecule has 2 N–H and O–H groups in total. The van der Waals surface area contributed by atoms with Gasteiger partial charge in [-0.05, 0) is 36.4 Å². The van der Waals surface area contributed by atoms with Crippen LogP contribution in [0.3, 0.4) is 0 Å². The highest BCUT2D eigenvalue weighted by atomic mass is 19.4. The van der Waals surface area contributed by atoms with Gasteiger partial charge in [-0.25, -0.2) is 0 Å². The van der Waals surface area contributed by atoms with E-state index in [1.54, 1.807) is 36.5 Å². The molecule has 0 spiro atoms. The summed E-state index contributed by atoms with van der Waals surface area (Å²) in [5, 5.41) is 14.5. The van der Waals surface area contributed by atoms with Crippen molar-refractivity contribution in [1.82, 2.24) is 4.98 Å². The van der Waals surface area contributed by atoms with Gasteiger partial charge in [0, 0.05) is 22.8 Å². The zero-order valence-electron chi connectivity index (χ0n) is 14.4. The summed E-state index contributed by atoms with van der Waals surface area (Å²) in [6.07, 6.45) is -1.42. The first-order valence-corrected chi connectivity index (χ1v) is 8.47. The molecule has 4 aromatic rings. The summed E-state index contributed by atoms with van der Waals surface area (Å²) in [5.74, 6) is 0.391. The third-order valence-corrected chi connectivity index (χ3v) is 4.42. The fraction of sp³-hybridized carbons (Fsp3) is 0.0952. The van der Waals surface area contributed by atoms with E-state index < -0.39 is 17.8 Å². The zero-order chi connectivity index (χ0) is 19.7. The van der Waals surface area contributed by atoms with Crippen LogP contribution in [0.5, 0.6) is 5.75 Å². The third kappa shape index (κ3) is 3.38. The maximum absolute atomic E-state index is 13.0. The molecule has 2 heterocycles. The number of alkyl halides is 3. The van der Waals surface area contributed by atoms with Crippen molar-refractivity contribution in [2.24, 2.45) is 0 Å². The first-order valence-electron chi connectivity index (χ1n) is 8.47. The van der Waals surface area contributed by atoms with Crippen molar-refractivity contribution in [3.63, 3.8) is 0 Å². The average Bonchev–Trinajstić information content (AvgIpc) is 3.21. The summed E-state index contributed by atoms with van der Waals surface area (Å²) in [4.78, 5) is 4.20. The van der Waals surface area contributed by atoms with E-state index in [0.29, 0.717) is 16.8 Å². The van der Waals surface area contributed by atoms with E-state index in [0.717, 1.165) is 17.5 Å². The summed E-state index contributed by atoms with van der Waals surface area (Å²) in [6, 6.07) is 14.6. The van der Waals surface area contributed by atoms with Crippen LogP contribution in [0.1, 0.15) is 22.9 Å². The Morgan fingerprint density at radius 1 is 1.00 bits per heavy atom. The van der Waals surface area contributed by atoms with Crippen molar-refractivity contribution in [1.29, 1.82) is 0 Å². The second kappa shape index (κ2) is 6.92. The van der Waals surface area contributed by atoms with Crippen LogP contribution in [0.2, 0.25) is 0 Å². The number of aromatic hydroxyl groups is 1. The standard InChI is InChI=1S/C21H15F3N2O2/c22-21(23,24)14-5-1-6-15(12-14)26-19(17-7-3-11-28-17)16-9-8-13-4-2-10-25-18(13)20(16)27/h1-12,19,26-27H. The number of nitrogens with one attached hydrogen (secondary N) is 1.